The van der Waals surface area contributed by atoms with Crippen LogP contribution >= 0.6 is 11.3 Å². The molecular formula is C23H22N2O3S. The molecule has 2 aromatic carbocycles. The number of anilines is 1. The number of benzene rings is 2. The number of fused-ring (bicyclic) bond motifs is 1. The molecule has 148 valence electrons. The van der Waals surface area contributed by atoms with Gasteiger partial charge in [-0.15, -0.1) is 11.3 Å². The number of hydrogen-bond acceptors (Lipinski definition) is 4. The van der Waals surface area contributed by atoms with Crippen molar-refractivity contribution < 1.29 is 14.3 Å². The molecule has 1 aliphatic carbocycles. The number of nitrogens with two attached hydrogens (primary N) is 1. The Labute approximate surface area is 173 Å². The molecule has 29 heavy (non-hydrogen) atoms. The van der Waals surface area contributed by atoms with Gasteiger partial charge in [0.15, 0.2) is 6.61 Å². The molecule has 2 amide bonds. The second-order valence-corrected chi connectivity index (χ2v) is 8.26. The van der Waals surface area contributed by atoms with Crippen molar-refractivity contribution >= 4 is 28.2 Å². The minimum Gasteiger partial charge on any atom is -0.484 e. The van der Waals surface area contributed by atoms with Crippen LogP contribution < -0.4 is 15.8 Å². The lowest BCUT2D eigenvalue weighted by molar-refractivity contribution is -0.118. The zero-order valence-corrected chi connectivity index (χ0v) is 17.0. The summed E-state index contributed by atoms with van der Waals surface area (Å²) in [6, 6.07) is 15.9. The lowest BCUT2D eigenvalue weighted by Crippen LogP contribution is -2.22. The van der Waals surface area contributed by atoms with Crippen LogP contribution in [-0.2, 0) is 17.6 Å². The minimum absolute atomic E-state index is 0.134. The van der Waals surface area contributed by atoms with E-state index in [1.54, 1.807) is 0 Å². The molecule has 0 radical (unpaired) electrons. The summed E-state index contributed by atoms with van der Waals surface area (Å²) < 4.78 is 5.60. The Morgan fingerprint density at radius 2 is 1.69 bits per heavy atom. The lowest BCUT2D eigenvalue weighted by Gasteiger charge is -2.09. The molecule has 3 N–H and O–H groups in total. The highest BCUT2D eigenvalue weighted by molar-refractivity contribution is 7.17. The predicted octanol–water partition coefficient (Wildman–Crippen LogP) is 4.33. The van der Waals surface area contributed by atoms with Crippen LogP contribution in [0.15, 0.2) is 48.5 Å². The molecule has 1 heterocycles. The van der Waals surface area contributed by atoms with E-state index in [9.17, 15) is 9.59 Å². The first-order chi connectivity index (χ1) is 14.0. The molecule has 4 rings (SSSR count). The molecule has 0 saturated heterocycles. The van der Waals surface area contributed by atoms with Gasteiger partial charge in [-0.05, 0) is 55.0 Å². The van der Waals surface area contributed by atoms with Crippen molar-refractivity contribution in [1.82, 2.24) is 0 Å². The maximum atomic E-state index is 12.3. The molecule has 0 spiro atoms. The van der Waals surface area contributed by atoms with Crippen LogP contribution in [0.1, 0.15) is 32.8 Å². The zero-order valence-electron chi connectivity index (χ0n) is 16.2. The van der Waals surface area contributed by atoms with Crippen molar-refractivity contribution in [3.05, 3.63) is 70.1 Å². The summed E-state index contributed by atoms with van der Waals surface area (Å²) in [6.07, 6.45) is 2.79. The normalized spacial score (nSPS) is 12.4. The largest absolute Gasteiger partial charge is 0.484 e. The quantitative estimate of drug-likeness (QED) is 0.639. The van der Waals surface area contributed by atoms with E-state index in [2.05, 4.69) is 36.5 Å². The summed E-state index contributed by atoms with van der Waals surface area (Å²) in [6.45, 7) is 1.92. The molecule has 3 aromatic rings. The van der Waals surface area contributed by atoms with Crippen molar-refractivity contribution in [3.8, 4) is 16.9 Å². The van der Waals surface area contributed by atoms with Crippen molar-refractivity contribution in [2.45, 2.75) is 26.2 Å². The van der Waals surface area contributed by atoms with E-state index in [1.807, 2.05) is 24.3 Å². The van der Waals surface area contributed by atoms with Gasteiger partial charge in [-0.2, -0.15) is 0 Å². The van der Waals surface area contributed by atoms with Gasteiger partial charge in [-0.1, -0.05) is 42.0 Å². The predicted molar refractivity (Wildman–Crippen MR) is 116 cm³/mol. The SMILES string of the molecule is Cc1ccc(-c2ccc(OCC(=O)Nc3sc4c(c3C(N)=O)CCC4)cc2)cc1. The van der Waals surface area contributed by atoms with Gasteiger partial charge < -0.3 is 15.8 Å². The molecule has 0 aliphatic heterocycles. The van der Waals surface area contributed by atoms with E-state index in [-0.39, 0.29) is 12.5 Å². The van der Waals surface area contributed by atoms with Crippen molar-refractivity contribution in [2.24, 2.45) is 5.73 Å². The minimum atomic E-state index is -0.493. The maximum absolute atomic E-state index is 12.3. The van der Waals surface area contributed by atoms with E-state index in [0.29, 0.717) is 16.3 Å². The Balaban J connectivity index is 1.38. The van der Waals surface area contributed by atoms with Crippen LogP contribution in [0.2, 0.25) is 0 Å². The van der Waals surface area contributed by atoms with Gasteiger partial charge in [-0.25, -0.2) is 0 Å². The van der Waals surface area contributed by atoms with Crippen LogP contribution in [0.3, 0.4) is 0 Å². The number of thiophene rings is 1. The number of hydrogen-bond donors (Lipinski definition) is 2. The lowest BCUT2D eigenvalue weighted by atomic mass is 10.0. The summed E-state index contributed by atoms with van der Waals surface area (Å²) in [5.74, 6) is -0.192. The number of amides is 2. The number of rotatable bonds is 6. The summed E-state index contributed by atoms with van der Waals surface area (Å²) in [5, 5.41) is 3.32. The fourth-order valence-electron chi connectivity index (χ4n) is 3.55. The highest BCUT2D eigenvalue weighted by atomic mass is 32.1. The van der Waals surface area contributed by atoms with Gasteiger partial charge >= 0.3 is 0 Å². The van der Waals surface area contributed by atoms with E-state index in [0.717, 1.165) is 40.8 Å². The van der Waals surface area contributed by atoms with Gasteiger partial charge in [0.05, 0.1) is 5.56 Å². The highest BCUT2D eigenvalue weighted by Crippen LogP contribution is 2.38. The van der Waals surface area contributed by atoms with Crippen molar-refractivity contribution in [3.63, 3.8) is 0 Å². The van der Waals surface area contributed by atoms with E-state index in [4.69, 9.17) is 10.5 Å². The van der Waals surface area contributed by atoms with Crippen LogP contribution in [0.25, 0.3) is 11.1 Å². The Bertz CT molecular complexity index is 1050. The van der Waals surface area contributed by atoms with E-state index >= 15 is 0 Å². The maximum Gasteiger partial charge on any atom is 0.262 e. The Kier molecular flexibility index (Phi) is 5.36. The smallest absolute Gasteiger partial charge is 0.262 e. The molecule has 6 heteroatoms. The number of aryl methyl sites for hydroxylation is 2. The highest BCUT2D eigenvalue weighted by Gasteiger charge is 2.26. The Morgan fingerprint density at radius 1 is 1.03 bits per heavy atom. The molecule has 0 unspecified atom stereocenters. The Hall–Kier alpha value is -3.12. The fourth-order valence-corrected chi connectivity index (χ4v) is 4.87. The van der Waals surface area contributed by atoms with Crippen LogP contribution in [0, 0.1) is 6.92 Å². The summed E-state index contributed by atoms with van der Waals surface area (Å²) in [5.41, 5.74) is 10.4. The summed E-state index contributed by atoms with van der Waals surface area (Å²) in [7, 11) is 0. The van der Waals surface area contributed by atoms with Gasteiger partial charge in [0.25, 0.3) is 11.8 Å². The van der Waals surface area contributed by atoms with Crippen molar-refractivity contribution in [2.75, 3.05) is 11.9 Å². The van der Waals surface area contributed by atoms with Crippen LogP contribution in [0.4, 0.5) is 5.00 Å². The Morgan fingerprint density at radius 3 is 2.34 bits per heavy atom. The van der Waals surface area contributed by atoms with Gasteiger partial charge in [0.2, 0.25) is 0 Å². The third-order valence-corrected chi connectivity index (χ3v) is 6.24. The van der Waals surface area contributed by atoms with Gasteiger partial charge in [-0.3, -0.25) is 9.59 Å². The third-order valence-electron chi connectivity index (χ3n) is 5.03. The molecule has 1 aliphatic rings. The number of primary amides is 1. The number of carbonyl (C=O) groups is 2. The fraction of sp³-hybridized carbons (Fsp3) is 0.217. The number of carbonyl (C=O) groups excluding carboxylic acids is 2. The molecular weight excluding hydrogens is 384 g/mol. The third kappa shape index (κ3) is 4.17. The molecule has 5 nitrogen and oxygen atoms in total. The summed E-state index contributed by atoms with van der Waals surface area (Å²) in [4.78, 5) is 25.3. The van der Waals surface area contributed by atoms with Crippen molar-refractivity contribution in [1.29, 1.82) is 0 Å². The van der Waals surface area contributed by atoms with E-state index in [1.165, 1.54) is 16.9 Å². The average Bonchev–Trinajstić information content (AvgIpc) is 3.28. The first-order valence-corrected chi connectivity index (χ1v) is 10.4. The van der Waals surface area contributed by atoms with Crippen LogP contribution in [0.5, 0.6) is 5.75 Å². The first-order valence-electron chi connectivity index (χ1n) is 9.55. The molecule has 1 aromatic heterocycles. The zero-order chi connectivity index (χ0) is 20.4. The topological polar surface area (TPSA) is 81.4 Å². The van der Waals surface area contributed by atoms with Gasteiger partial charge in [0.1, 0.15) is 10.8 Å². The van der Waals surface area contributed by atoms with E-state index < -0.39 is 5.91 Å². The average molecular weight is 407 g/mol. The molecule has 0 saturated carbocycles. The summed E-state index contributed by atoms with van der Waals surface area (Å²) >= 11 is 1.44. The second-order valence-electron chi connectivity index (χ2n) is 7.15. The van der Waals surface area contributed by atoms with Gasteiger partial charge in [0, 0.05) is 4.88 Å². The first kappa shape index (κ1) is 19.2. The number of ether oxygens (including phenoxy) is 1. The number of nitrogens with one attached hydrogen (secondary N) is 1. The molecule has 0 bridgehead atoms. The second kappa shape index (κ2) is 8.09. The molecule has 0 fully saturated rings. The monoisotopic (exact) mass is 406 g/mol. The van der Waals surface area contributed by atoms with Crippen LogP contribution in [-0.4, -0.2) is 18.4 Å². The molecule has 0 atom stereocenters. The standard InChI is InChI=1S/C23H22N2O3S/c1-14-5-7-15(8-6-14)16-9-11-17(12-10-16)28-13-20(26)25-23-21(22(24)27)18-3-2-4-19(18)29-23/h5-12H,2-4,13H2,1H3,(H2,24,27)(H,25,26).